The molecule has 0 saturated carbocycles. The Morgan fingerprint density at radius 1 is 1.06 bits per heavy atom. The van der Waals surface area contributed by atoms with E-state index in [1.807, 2.05) is 0 Å². The minimum absolute atomic E-state index is 0.137. The van der Waals surface area contributed by atoms with Gasteiger partial charge in [0.1, 0.15) is 45.3 Å². The number of carbonyl (C=O) groups is 3. The van der Waals surface area contributed by atoms with E-state index in [9.17, 15) is 42.9 Å². The van der Waals surface area contributed by atoms with Crippen molar-refractivity contribution in [3.05, 3.63) is 81.3 Å². The lowest BCUT2D eigenvalue weighted by Gasteiger charge is -2.28. The van der Waals surface area contributed by atoms with Gasteiger partial charge in [-0.1, -0.05) is 18.2 Å². The van der Waals surface area contributed by atoms with Crippen molar-refractivity contribution in [1.82, 2.24) is 0 Å². The summed E-state index contributed by atoms with van der Waals surface area (Å²) in [6, 6.07) is 4.02. The van der Waals surface area contributed by atoms with Gasteiger partial charge in [0.25, 0.3) is 0 Å². The predicted octanol–water partition coefficient (Wildman–Crippen LogP) is 4.84. The van der Waals surface area contributed by atoms with Crippen molar-refractivity contribution < 1.29 is 47.6 Å². The van der Waals surface area contributed by atoms with Gasteiger partial charge in [0, 0.05) is 11.6 Å². The Bertz CT molecular complexity index is 1440. The summed E-state index contributed by atoms with van der Waals surface area (Å²) in [7, 11) is 0. The van der Waals surface area contributed by atoms with E-state index in [1.54, 1.807) is 0 Å². The SMILES string of the molecule is CC(=O)C1=C(O)C=C2Oc3c(C(=O)/C=C/c4ccc(C(F)(F)F)cc4)c(O)c(C)c(O)c3[C@]2(C)C1=O. The molecular formula is C26H19F3O7. The Labute approximate surface area is 202 Å². The number of phenols is 2. The van der Waals surface area contributed by atoms with Crippen LogP contribution in [0, 0.1) is 6.92 Å². The number of ketones is 3. The van der Waals surface area contributed by atoms with Crippen LogP contribution in [0.25, 0.3) is 6.08 Å². The largest absolute Gasteiger partial charge is 0.507 e. The van der Waals surface area contributed by atoms with Crippen molar-refractivity contribution in [2.45, 2.75) is 32.4 Å². The van der Waals surface area contributed by atoms with Gasteiger partial charge in [-0.05, 0) is 44.5 Å². The number of alkyl halides is 3. The fourth-order valence-corrected chi connectivity index (χ4v) is 4.30. The molecule has 10 heteroatoms. The van der Waals surface area contributed by atoms with Crippen molar-refractivity contribution in [2.24, 2.45) is 0 Å². The molecule has 1 heterocycles. The molecule has 186 valence electrons. The molecule has 36 heavy (non-hydrogen) atoms. The number of aromatic hydroxyl groups is 2. The zero-order valence-corrected chi connectivity index (χ0v) is 19.1. The van der Waals surface area contributed by atoms with E-state index in [4.69, 9.17) is 4.74 Å². The number of benzene rings is 2. The second-order valence-corrected chi connectivity index (χ2v) is 8.60. The third-order valence-electron chi connectivity index (χ3n) is 6.31. The third kappa shape index (κ3) is 3.57. The molecule has 0 saturated heterocycles. The van der Waals surface area contributed by atoms with Crippen molar-refractivity contribution in [2.75, 3.05) is 0 Å². The summed E-state index contributed by atoms with van der Waals surface area (Å²) in [4.78, 5) is 38.4. The molecule has 0 unspecified atom stereocenters. The molecule has 4 rings (SSSR count). The molecule has 1 aliphatic heterocycles. The molecular weight excluding hydrogens is 481 g/mol. The number of ether oxygens (including phenoxy) is 1. The summed E-state index contributed by atoms with van der Waals surface area (Å²) in [5.74, 6) is -4.70. The quantitative estimate of drug-likeness (QED) is 0.312. The molecule has 1 atom stereocenters. The minimum Gasteiger partial charge on any atom is -0.507 e. The number of halogens is 3. The fraction of sp³-hybridized carbons (Fsp3) is 0.192. The first-order valence-electron chi connectivity index (χ1n) is 10.6. The van der Waals surface area contributed by atoms with Gasteiger partial charge in [-0.15, -0.1) is 0 Å². The molecule has 2 aromatic rings. The van der Waals surface area contributed by atoms with Gasteiger partial charge in [-0.25, -0.2) is 0 Å². The van der Waals surface area contributed by atoms with Crippen LogP contribution in [0.2, 0.25) is 0 Å². The number of allylic oxidation sites excluding steroid dienone is 4. The highest BCUT2D eigenvalue weighted by molar-refractivity contribution is 6.26. The van der Waals surface area contributed by atoms with E-state index in [1.165, 1.54) is 19.9 Å². The zero-order chi connectivity index (χ0) is 26.7. The van der Waals surface area contributed by atoms with Crippen LogP contribution >= 0.6 is 0 Å². The van der Waals surface area contributed by atoms with Gasteiger partial charge >= 0.3 is 6.18 Å². The van der Waals surface area contributed by atoms with Crippen LogP contribution in [0.1, 0.15) is 46.5 Å². The Morgan fingerprint density at radius 2 is 1.67 bits per heavy atom. The van der Waals surface area contributed by atoms with E-state index < -0.39 is 62.9 Å². The van der Waals surface area contributed by atoms with Crippen molar-refractivity contribution in [3.63, 3.8) is 0 Å². The molecule has 7 nitrogen and oxygen atoms in total. The maximum atomic E-state index is 13.3. The Balaban J connectivity index is 1.81. The topological polar surface area (TPSA) is 121 Å². The van der Waals surface area contributed by atoms with Crippen LogP contribution in [0.5, 0.6) is 17.2 Å². The number of hydrogen-bond acceptors (Lipinski definition) is 7. The number of aliphatic hydroxyl groups excluding tert-OH is 1. The first kappa shape index (κ1) is 24.8. The molecule has 0 amide bonds. The highest BCUT2D eigenvalue weighted by Gasteiger charge is 2.55. The molecule has 0 bridgehead atoms. The molecule has 2 aromatic carbocycles. The average molecular weight is 500 g/mol. The van der Waals surface area contributed by atoms with E-state index >= 15 is 0 Å². The van der Waals surface area contributed by atoms with E-state index in [-0.39, 0.29) is 28.2 Å². The van der Waals surface area contributed by atoms with Gasteiger partial charge < -0.3 is 20.1 Å². The number of aliphatic hydroxyl groups is 1. The van der Waals surface area contributed by atoms with E-state index in [2.05, 4.69) is 0 Å². The number of rotatable bonds is 4. The number of Topliss-reactive ketones (excluding diaryl/α,β-unsaturated/α-hetero) is 2. The summed E-state index contributed by atoms with van der Waals surface area (Å²) in [5.41, 5.74) is -3.57. The lowest BCUT2D eigenvalue weighted by Crippen LogP contribution is -2.38. The van der Waals surface area contributed by atoms with Crippen LogP contribution in [-0.4, -0.2) is 32.7 Å². The molecule has 0 fully saturated rings. The van der Waals surface area contributed by atoms with Crippen LogP contribution in [0.4, 0.5) is 13.2 Å². The summed E-state index contributed by atoms with van der Waals surface area (Å²) >= 11 is 0. The number of carbonyl (C=O) groups excluding carboxylic acids is 3. The van der Waals surface area contributed by atoms with Crippen LogP contribution < -0.4 is 4.74 Å². The van der Waals surface area contributed by atoms with Crippen molar-refractivity contribution >= 4 is 23.4 Å². The maximum Gasteiger partial charge on any atom is 0.416 e. The van der Waals surface area contributed by atoms with Crippen molar-refractivity contribution in [1.29, 1.82) is 0 Å². The highest BCUT2D eigenvalue weighted by atomic mass is 19.4. The van der Waals surface area contributed by atoms with Gasteiger partial charge in [-0.3, -0.25) is 14.4 Å². The molecule has 0 radical (unpaired) electrons. The fourth-order valence-electron chi connectivity index (χ4n) is 4.30. The number of phenolic OH excluding ortho intramolecular Hbond substituents is 2. The minimum atomic E-state index is -4.52. The lowest BCUT2D eigenvalue weighted by atomic mass is 9.71. The Hall–Kier alpha value is -4.34. The summed E-state index contributed by atoms with van der Waals surface area (Å²) in [6.07, 6.45) is -1.26. The molecule has 0 aromatic heterocycles. The Kier molecular flexibility index (Phi) is 5.58. The van der Waals surface area contributed by atoms with Crippen molar-refractivity contribution in [3.8, 4) is 17.2 Å². The maximum absolute atomic E-state index is 13.3. The number of hydrogen-bond donors (Lipinski definition) is 3. The van der Waals surface area contributed by atoms with E-state index in [0.29, 0.717) is 0 Å². The predicted molar refractivity (Wildman–Crippen MR) is 121 cm³/mol. The van der Waals surface area contributed by atoms with E-state index in [0.717, 1.165) is 43.3 Å². The first-order valence-corrected chi connectivity index (χ1v) is 10.6. The van der Waals surface area contributed by atoms with Crippen LogP contribution in [-0.2, 0) is 21.2 Å². The zero-order valence-electron chi connectivity index (χ0n) is 19.1. The number of fused-ring (bicyclic) bond motifs is 3. The monoisotopic (exact) mass is 500 g/mol. The standard InChI is InChI=1S/C26H19F3O7/c1-11-21(33)19(15(31)9-6-13-4-7-14(8-5-13)26(27,28)29)23-20(22(11)34)25(3)17(36-23)10-16(32)18(12(2)30)24(25)35/h4-10,32-34H,1-3H3/b9-6+/t25-/m1/s1. The molecule has 3 N–H and O–H groups in total. The smallest absolute Gasteiger partial charge is 0.416 e. The summed E-state index contributed by atoms with van der Waals surface area (Å²) in [5, 5.41) is 31.7. The second kappa shape index (κ2) is 8.11. The summed E-state index contributed by atoms with van der Waals surface area (Å²) in [6.45, 7) is 3.75. The Morgan fingerprint density at radius 3 is 2.22 bits per heavy atom. The second-order valence-electron chi connectivity index (χ2n) is 8.60. The lowest BCUT2D eigenvalue weighted by molar-refractivity contribution is -0.137. The molecule has 1 aliphatic carbocycles. The first-order chi connectivity index (χ1) is 16.7. The molecule has 0 spiro atoms. The van der Waals surface area contributed by atoms with Crippen LogP contribution in [0.15, 0.2) is 53.5 Å². The normalized spacial score (nSPS) is 19.2. The van der Waals surface area contributed by atoms with Gasteiger partial charge in [0.05, 0.1) is 11.1 Å². The van der Waals surface area contributed by atoms with Crippen LogP contribution in [0.3, 0.4) is 0 Å². The third-order valence-corrected chi connectivity index (χ3v) is 6.31. The molecule has 2 aliphatic rings. The van der Waals surface area contributed by atoms with Gasteiger partial charge in [-0.2, -0.15) is 13.2 Å². The highest BCUT2D eigenvalue weighted by Crippen LogP contribution is 2.57. The average Bonchev–Trinajstić information content (AvgIpc) is 3.08. The summed E-state index contributed by atoms with van der Waals surface area (Å²) < 4.78 is 44.0. The van der Waals surface area contributed by atoms with Gasteiger partial charge in [0.15, 0.2) is 17.3 Å². The van der Waals surface area contributed by atoms with Gasteiger partial charge in [0.2, 0.25) is 0 Å².